The van der Waals surface area contributed by atoms with Crippen LogP contribution >= 0.6 is 0 Å². The molecular weight excluding hydrogens is 410 g/mol. The fraction of sp³-hybridized carbons (Fsp3) is 0.250. The van der Waals surface area contributed by atoms with E-state index >= 15 is 0 Å². The van der Waals surface area contributed by atoms with E-state index < -0.39 is 6.04 Å². The first kappa shape index (κ1) is 22.5. The van der Waals surface area contributed by atoms with E-state index in [0.717, 1.165) is 24.1 Å². The largest absolute Gasteiger partial charge is 0.332 e. The number of hydrogen-bond donors (Lipinski definition) is 0. The molecule has 1 unspecified atom stereocenters. The monoisotopic (exact) mass is 439 g/mol. The second-order valence-electron chi connectivity index (χ2n) is 8.25. The molecule has 0 aliphatic rings. The van der Waals surface area contributed by atoms with Crippen LogP contribution in [0.4, 0.5) is 0 Å². The lowest BCUT2D eigenvalue weighted by atomic mass is 10.1. The van der Waals surface area contributed by atoms with E-state index in [1.165, 1.54) is 5.56 Å². The number of rotatable bonds is 6. The van der Waals surface area contributed by atoms with Crippen LogP contribution in [0.3, 0.4) is 0 Å². The van der Waals surface area contributed by atoms with E-state index in [1.54, 1.807) is 22.6 Å². The Hall–Kier alpha value is -3.73. The van der Waals surface area contributed by atoms with Crippen molar-refractivity contribution in [1.29, 1.82) is 0 Å². The molecule has 0 spiro atoms. The van der Waals surface area contributed by atoms with E-state index in [-0.39, 0.29) is 11.5 Å². The zero-order valence-corrected chi connectivity index (χ0v) is 19.6. The van der Waals surface area contributed by atoms with Crippen molar-refractivity contribution in [2.24, 2.45) is 0 Å². The van der Waals surface area contributed by atoms with Crippen molar-refractivity contribution in [1.82, 2.24) is 14.5 Å². The van der Waals surface area contributed by atoms with Crippen LogP contribution in [0.25, 0.3) is 16.6 Å². The lowest BCUT2D eigenvalue weighted by Crippen LogP contribution is -2.35. The Morgan fingerprint density at radius 2 is 1.61 bits per heavy atom. The minimum absolute atomic E-state index is 0.108. The third kappa shape index (κ3) is 4.19. The van der Waals surface area contributed by atoms with Crippen molar-refractivity contribution < 1.29 is 4.79 Å². The fourth-order valence-electron chi connectivity index (χ4n) is 4.13. The molecule has 0 saturated carbocycles. The van der Waals surface area contributed by atoms with Crippen molar-refractivity contribution in [2.45, 2.75) is 39.7 Å². The lowest BCUT2D eigenvalue weighted by Gasteiger charge is -2.27. The standard InChI is InChI=1S/C28H29N3O2/c1-5-20-15-17-22(18-16-20)27(32)30(4)19(3)26-29-24-13-9-8-12-23(24)28(33)31(26)25-14-10-7-11-21(25)6-2/h7-19H,5-6H2,1-4H3. The molecule has 4 aromatic rings. The Bertz CT molecular complexity index is 1360. The summed E-state index contributed by atoms with van der Waals surface area (Å²) < 4.78 is 1.68. The molecule has 1 atom stereocenters. The summed E-state index contributed by atoms with van der Waals surface area (Å²) in [5.41, 5.74) is 4.15. The van der Waals surface area contributed by atoms with Crippen LogP contribution in [-0.2, 0) is 12.8 Å². The molecule has 1 aromatic heterocycles. The number of nitrogens with zero attached hydrogens (tertiary/aromatic N) is 3. The van der Waals surface area contributed by atoms with Crippen molar-refractivity contribution in [3.05, 3.63) is 106 Å². The summed E-state index contributed by atoms with van der Waals surface area (Å²) in [6.45, 7) is 6.07. The molecule has 33 heavy (non-hydrogen) atoms. The fourth-order valence-corrected chi connectivity index (χ4v) is 4.13. The normalized spacial score (nSPS) is 12.0. The predicted molar refractivity (Wildman–Crippen MR) is 133 cm³/mol. The Balaban J connectivity index is 1.86. The molecule has 0 bridgehead atoms. The number of hydrogen-bond acceptors (Lipinski definition) is 3. The summed E-state index contributed by atoms with van der Waals surface area (Å²) in [7, 11) is 1.76. The van der Waals surface area contributed by atoms with Gasteiger partial charge in [0.2, 0.25) is 0 Å². The first-order chi connectivity index (χ1) is 16.0. The lowest BCUT2D eigenvalue weighted by molar-refractivity contribution is 0.0735. The predicted octanol–water partition coefficient (Wildman–Crippen LogP) is 5.34. The third-order valence-electron chi connectivity index (χ3n) is 6.30. The Labute approximate surface area is 194 Å². The van der Waals surface area contributed by atoms with Gasteiger partial charge in [-0.25, -0.2) is 4.98 Å². The highest BCUT2D eigenvalue weighted by molar-refractivity contribution is 5.94. The van der Waals surface area contributed by atoms with Gasteiger partial charge >= 0.3 is 0 Å². The summed E-state index contributed by atoms with van der Waals surface area (Å²) in [6, 6.07) is 22.5. The molecule has 0 saturated heterocycles. The molecule has 0 radical (unpaired) electrons. The highest BCUT2D eigenvalue weighted by Gasteiger charge is 2.25. The van der Waals surface area contributed by atoms with Gasteiger partial charge in [0.1, 0.15) is 5.82 Å². The molecule has 1 amide bonds. The van der Waals surface area contributed by atoms with Gasteiger partial charge < -0.3 is 4.90 Å². The van der Waals surface area contributed by atoms with Gasteiger partial charge in [-0.3, -0.25) is 14.2 Å². The van der Waals surface area contributed by atoms with Gasteiger partial charge in [0, 0.05) is 12.6 Å². The van der Waals surface area contributed by atoms with Gasteiger partial charge in [-0.1, -0.05) is 56.3 Å². The van der Waals surface area contributed by atoms with E-state index in [9.17, 15) is 9.59 Å². The Kier molecular flexibility index (Phi) is 6.40. The molecule has 4 rings (SSSR count). The summed E-state index contributed by atoms with van der Waals surface area (Å²) in [6.07, 6.45) is 1.70. The average molecular weight is 440 g/mol. The SMILES string of the molecule is CCc1ccc(C(=O)N(C)C(C)c2nc3ccccc3c(=O)n2-c2ccccc2CC)cc1. The quantitative estimate of drug-likeness (QED) is 0.407. The zero-order valence-electron chi connectivity index (χ0n) is 19.6. The van der Waals surface area contributed by atoms with Crippen LogP contribution in [0, 0.1) is 0 Å². The topological polar surface area (TPSA) is 55.2 Å². The highest BCUT2D eigenvalue weighted by Crippen LogP contribution is 2.25. The van der Waals surface area contributed by atoms with Crippen molar-refractivity contribution in [3.8, 4) is 5.69 Å². The molecule has 168 valence electrons. The molecule has 1 heterocycles. The molecule has 5 nitrogen and oxygen atoms in total. The van der Waals surface area contributed by atoms with Crippen LogP contribution in [0.15, 0.2) is 77.6 Å². The maximum absolute atomic E-state index is 13.7. The number of para-hydroxylation sites is 2. The molecule has 5 heteroatoms. The van der Waals surface area contributed by atoms with Gasteiger partial charge in [-0.2, -0.15) is 0 Å². The van der Waals surface area contributed by atoms with Crippen molar-refractivity contribution in [2.75, 3.05) is 7.05 Å². The van der Waals surface area contributed by atoms with Gasteiger partial charge in [0.25, 0.3) is 11.5 Å². The minimum atomic E-state index is -0.425. The molecular formula is C28H29N3O2. The van der Waals surface area contributed by atoms with Crippen LogP contribution < -0.4 is 5.56 Å². The van der Waals surface area contributed by atoms with Gasteiger partial charge in [0.05, 0.1) is 22.6 Å². The van der Waals surface area contributed by atoms with Gasteiger partial charge in [0.15, 0.2) is 0 Å². The number of aryl methyl sites for hydroxylation is 2. The number of carbonyl (C=O) groups excluding carboxylic acids is 1. The first-order valence-electron chi connectivity index (χ1n) is 11.4. The summed E-state index contributed by atoms with van der Waals surface area (Å²) in [4.78, 5) is 33.5. The first-order valence-corrected chi connectivity index (χ1v) is 11.4. The van der Waals surface area contributed by atoms with Crippen LogP contribution in [0.1, 0.15) is 54.1 Å². The minimum Gasteiger partial charge on any atom is -0.332 e. The summed E-state index contributed by atoms with van der Waals surface area (Å²) >= 11 is 0. The average Bonchev–Trinajstić information content (AvgIpc) is 2.87. The van der Waals surface area contributed by atoms with E-state index in [4.69, 9.17) is 4.98 Å². The van der Waals surface area contributed by atoms with Crippen LogP contribution in [0.2, 0.25) is 0 Å². The number of benzene rings is 3. The van der Waals surface area contributed by atoms with Gasteiger partial charge in [-0.05, 0) is 61.2 Å². The number of amides is 1. The molecule has 0 aliphatic carbocycles. The third-order valence-corrected chi connectivity index (χ3v) is 6.30. The summed E-state index contributed by atoms with van der Waals surface area (Å²) in [5.74, 6) is 0.434. The van der Waals surface area contributed by atoms with E-state index in [2.05, 4.69) is 13.8 Å². The van der Waals surface area contributed by atoms with Gasteiger partial charge in [-0.15, -0.1) is 0 Å². The maximum Gasteiger partial charge on any atom is 0.266 e. The molecule has 0 fully saturated rings. The van der Waals surface area contributed by atoms with Crippen molar-refractivity contribution >= 4 is 16.8 Å². The second-order valence-corrected chi connectivity index (χ2v) is 8.25. The smallest absolute Gasteiger partial charge is 0.266 e. The van der Waals surface area contributed by atoms with Crippen LogP contribution in [-0.4, -0.2) is 27.4 Å². The number of carbonyl (C=O) groups is 1. The number of fused-ring (bicyclic) bond motifs is 1. The highest BCUT2D eigenvalue weighted by atomic mass is 16.2. The maximum atomic E-state index is 13.7. The second kappa shape index (κ2) is 9.41. The van der Waals surface area contributed by atoms with Crippen LogP contribution in [0.5, 0.6) is 0 Å². The number of aromatic nitrogens is 2. The Morgan fingerprint density at radius 3 is 2.30 bits per heavy atom. The van der Waals surface area contributed by atoms with E-state index in [0.29, 0.717) is 22.3 Å². The van der Waals surface area contributed by atoms with Crippen molar-refractivity contribution in [3.63, 3.8) is 0 Å². The summed E-state index contributed by atoms with van der Waals surface area (Å²) in [5, 5.41) is 0.559. The molecule has 3 aromatic carbocycles. The Morgan fingerprint density at radius 1 is 0.939 bits per heavy atom. The molecule has 0 aliphatic heterocycles. The zero-order chi connectivity index (χ0) is 23.5. The van der Waals surface area contributed by atoms with E-state index in [1.807, 2.05) is 73.7 Å². The molecule has 0 N–H and O–H groups in total.